The van der Waals surface area contributed by atoms with Gasteiger partial charge in [0.25, 0.3) is 5.91 Å². The fourth-order valence-electron chi connectivity index (χ4n) is 2.28. The summed E-state index contributed by atoms with van der Waals surface area (Å²) < 4.78 is 7.98. The lowest BCUT2D eigenvalue weighted by atomic mass is 10.2. The summed E-state index contributed by atoms with van der Waals surface area (Å²) in [4.78, 5) is 13.1. The lowest BCUT2D eigenvalue weighted by Crippen LogP contribution is -2.11. The largest absolute Gasteiger partial charge is 0.480 e. The molecule has 108 valence electrons. The molecular formula is C15H15N3O2S. The number of fused-ring (bicyclic) bond motifs is 1. The molecule has 0 aliphatic heterocycles. The van der Waals surface area contributed by atoms with Crippen LogP contribution in [-0.2, 0) is 7.05 Å². The van der Waals surface area contributed by atoms with Crippen molar-refractivity contribution < 1.29 is 9.53 Å². The number of ether oxygens (including phenoxy) is 1. The molecule has 3 aromatic rings. The van der Waals surface area contributed by atoms with Gasteiger partial charge in [-0.3, -0.25) is 4.79 Å². The molecule has 0 radical (unpaired) electrons. The number of amides is 1. The third-order valence-corrected chi connectivity index (χ3v) is 4.37. The fourth-order valence-corrected chi connectivity index (χ4v) is 3.24. The molecule has 0 saturated carbocycles. The molecule has 6 heteroatoms. The molecule has 0 saturated heterocycles. The van der Waals surface area contributed by atoms with Crippen LogP contribution >= 0.6 is 11.3 Å². The first-order valence-corrected chi connectivity index (χ1v) is 7.29. The van der Waals surface area contributed by atoms with Gasteiger partial charge in [-0.05, 0) is 24.4 Å². The van der Waals surface area contributed by atoms with E-state index in [1.807, 2.05) is 37.3 Å². The molecule has 1 aromatic carbocycles. The summed E-state index contributed by atoms with van der Waals surface area (Å²) in [6.45, 7) is 1.84. The minimum absolute atomic E-state index is 0.148. The molecule has 0 atom stereocenters. The molecule has 0 aliphatic rings. The zero-order chi connectivity index (χ0) is 15.0. The first-order valence-electron chi connectivity index (χ1n) is 6.47. The highest BCUT2D eigenvalue weighted by Gasteiger charge is 2.18. The van der Waals surface area contributed by atoms with Crippen molar-refractivity contribution in [2.75, 3.05) is 12.4 Å². The van der Waals surface area contributed by atoms with Gasteiger partial charge in [-0.25, -0.2) is 4.68 Å². The lowest BCUT2D eigenvalue weighted by molar-refractivity contribution is 0.103. The Hall–Kier alpha value is -2.34. The van der Waals surface area contributed by atoms with Gasteiger partial charge in [0.15, 0.2) is 0 Å². The minimum Gasteiger partial charge on any atom is -0.480 e. The molecule has 3 rings (SSSR count). The number of hydrogen-bond acceptors (Lipinski definition) is 4. The number of aryl methyl sites for hydroxylation is 2. The van der Waals surface area contributed by atoms with E-state index in [0.717, 1.165) is 15.8 Å². The van der Waals surface area contributed by atoms with Crippen molar-refractivity contribution in [2.45, 2.75) is 6.92 Å². The number of benzene rings is 1. The normalized spacial score (nSPS) is 10.8. The topological polar surface area (TPSA) is 56.1 Å². The molecule has 0 fully saturated rings. The summed E-state index contributed by atoms with van der Waals surface area (Å²) in [5.41, 5.74) is 1.34. The number of methoxy groups -OCH3 is 1. The average Bonchev–Trinajstić information content (AvgIpc) is 3.00. The van der Waals surface area contributed by atoms with Gasteiger partial charge in [0.05, 0.1) is 17.7 Å². The van der Waals surface area contributed by atoms with Crippen molar-refractivity contribution in [3.63, 3.8) is 0 Å². The van der Waals surface area contributed by atoms with Gasteiger partial charge in [-0.2, -0.15) is 5.10 Å². The van der Waals surface area contributed by atoms with Crippen molar-refractivity contribution in [1.29, 1.82) is 0 Å². The number of rotatable bonds is 3. The molecular weight excluding hydrogens is 286 g/mol. The number of carbonyl (C=O) groups excluding carboxylic acids is 1. The predicted molar refractivity (Wildman–Crippen MR) is 84.3 cm³/mol. The van der Waals surface area contributed by atoms with Gasteiger partial charge in [-0.15, -0.1) is 11.3 Å². The lowest BCUT2D eigenvalue weighted by Gasteiger charge is -2.05. The van der Waals surface area contributed by atoms with Crippen LogP contribution in [0.1, 0.15) is 15.4 Å². The summed E-state index contributed by atoms with van der Waals surface area (Å²) in [5, 5.41) is 8.21. The SMILES string of the molecule is COc1c(NC(=O)c2cc3ccccc3s2)c(C)nn1C. The quantitative estimate of drug-likeness (QED) is 0.808. The van der Waals surface area contributed by atoms with Gasteiger partial charge >= 0.3 is 0 Å². The van der Waals surface area contributed by atoms with Crippen molar-refractivity contribution in [3.05, 3.63) is 40.9 Å². The van der Waals surface area contributed by atoms with Crippen LogP contribution in [0.5, 0.6) is 5.88 Å². The van der Waals surface area contributed by atoms with Crippen LogP contribution in [0, 0.1) is 6.92 Å². The van der Waals surface area contributed by atoms with Gasteiger partial charge in [0, 0.05) is 11.7 Å². The zero-order valence-corrected chi connectivity index (χ0v) is 12.8. The van der Waals surface area contributed by atoms with Gasteiger partial charge < -0.3 is 10.1 Å². The molecule has 21 heavy (non-hydrogen) atoms. The van der Waals surface area contributed by atoms with Crippen LogP contribution in [-0.4, -0.2) is 22.8 Å². The molecule has 5 nitrogen and oxygen atoms in total. The second-order valence-electron chi connectivity index (χ2n) is 4.70. The Kier molecular flexibility index (Phi) is 3.39. The second kappa shape index (κ2) is 5.21. The molecule has 2 heterocycles. The smallest absolute Gasteiger partial charge is 0.265 e. The van der Waals surface area contributed by atoms with Crippen molar-refractivity contribution in [2.24, 2.45) is 7.05 Å². The van der Waals surface area contributed by atoms with E-state index < -0.39 is 0 Å². The molecule has 0 spiro atoms. The third kappa shape index (κ3) is 2.38. The van der Waals surface area contributed by atoms with E-state index >= 15 is 0 Å². The summed E-state index contributed by atoms with van der Waals surface area (Å²) in [7, 11) is 3.34. The van der Waals surface area contributed by atoms with Crippen molar-refractivity contribution in [1.82, 2.24) is 9.78 Å². The highest BCUT2D eigenvalue weighted by atomic mass is 32.1. The van der Waals surface area contributed by atoms with Gasteiger partial charge in [0.2, 0.25) is 5.88 Å². The summed E-state index contributed by atoms with van der Waals surface area (Å²) in [6.07, 6.45) is 0. The molecule has 1 N–H and O–H groups in total. The van der Waals surface area contributed by atoms with E-state index in [4.69, 9.17) is 4.74 Å². The van der Waals surface area contributed by atoms with E-state index in [1.54, 1.807) is 18.8 Å². The number of aromatic nitrogens is 2. The maximum absolute atomic E-state index is 12.4. The molecule has 0 bridgehead atoms. The number of carbonyl (C=O) groups is 1. The average molecular weight is 301 g/mol. The molecule has 0 aliphatic carbocycles. The Balaban J connectivity index is 1.93. The monoisotopic (exact) mass is 301 g/mol. The first-order chi connectivity index (χ1) is 10.1. The highest BCUT2D eigenvalue weighted by molar-refractivity contribution is 7.20. The number of thiophene rings is 1. The number of anilines is 1. The van der Waals surface area contributed by atoms with Crippen LogP contribution in [0.15, 0.2) is 30.3 Å². The minimum atomic E-state index is -0.148. The highest BCUT2D eigenvalue weighted by Crippen LogP contribution is 2.30. The molecule has 1 amide bonds. The Morgan fingerprint density at radius 2 is 2.14 bits per heavy atom. The fraction of sp³-hybridized carbons (Fsp3) is 0.200. The Labute approximate surface area is 126 Å². The van der Waals surface area contributed by atoms with E-state index in [1.165, 1.54) is 11.3 Å². The summed E-state index contributed by atoms with van der Waals surface area (Å²) in [5.74, 6) is 0.396. The Morgan fingerprint density at radius 1 is 1.38 bits per heavy atom. The second-order valence-corrected chi connectivity index (χ2v) is 5.78. The van der Waals surface area contributed by atoms with Crippen LogP contribution in [0.25, 0.3) is 10.1 Å². The van der Waals surface area contributed by atoms with Crippen molar-refractivity contribution in [3.8, 4) is 5.88 Å². The number of nitrogens with zero attached hydrogens (tertiary/aromatic N) is 2. The maximum Gasteiger partial charge on any atom is 0.265 e. The van der Waals surface area contributed by atoms with E-state index in [2.05, 4.69) is 10.4 Å². The number of nitrogens with one attached hydrogen (secondary N) is 1. The first kappa shape index (κ1) is 13.6. The van der Waals surface area contributed by atoms with Crippen molar-refractivity contribution >= 4 is 33.0 Å². The third-order valence-electron chi connectivity index (χ3n) is 3.25. The van der Waals surface area contributed by atoms with Crippen LogP contribution < -0.4 is 10.1 Å². The zero-order valence-electron chi connectivity index (χ0n) is 12.0. The Bertz CT molecular complexity index is 787. The van der Waals surface area contributed by atoms with Crippen LogP contribution in [0.3, 0.4) is 0 Å². The van der Waals surface area contributed by atoms with Crippen LogP contribution in [0.4, 0.5) is 5.69 Å². The van der Waals surface area contributed by atoms with Crippen LogP contribution in [0.2, 0.25) is 0 Å². The molecule has 0 unspecified atom stereocenters. The Morgan fingerprint density at radius 3 is 2.86 bits per heavy atom. The summed E-state index contributed by atoms with van der Waals surface area (Å²) >= 11 is 1.47. The predicted octanol–water partition coefficient (Wildman–Crippen LogP) is 3.20. The molecule has 2 aromatic heterocycles. The van der Waals surface area contributed by atoms with Gasteiger partial charge in [0.1, 0.15) is 5.69 Å². The summed E-state index contributed by atoms with van der Waals surface area (Å²) in [6, 6.07) is 9.83. The van der Waals surface area contributed by atoms with E-state index in [0.29, 0.717) is 16.4 Å². The van der Waals surface area contributed by atoms with E-state index in [9.17, 15) is 4.79 Å². The van der Waals surface area contributed by atoms with E-state index in [-0.39, 0.29) is 5.91 Å². The standard InChI is InChI=1S/C15H15N3O2S/c1-9-13(15(20-3)18(2)17-9)16-14(19)12-8-10-6-4-5-7-11(10)21-12/h4-8H,1-3H3,(H,16,19). The number of hydrogen-bond donors (Lipinski definition) is 1. The van der Waals surface area contributed by atoms with Gasteiger partial charge in [-0.1, -0.05) is 18.2 Å². The maximum atomic E-state index is 12.4.